The van der Waals surface area contributed by atoms with Crippen LogP contribution in [0.15, 0.2) is 9.52 Å². The number of hydrogen-bond donors (Lipinski definition) is 2. The molecule has 2 rings (SSSR count). The molecule has 0 radical (unpaired) electrons. The second-order valence-corrected chi connectivity index (χ2v) is 5.91. The number of hydrogen-bond acceptors (Lipinski definition) is 5. The smallest absolute Gasteiger partial charge is 0.228 e. The lowest BCUT2D eigenvalue weighted by atomic mass is 10.2. The standard InChI is InChI=1S/C12H21N5OS.HI/c1-9-16-11(18-17-9)5-6-14-12(13-2)15-8-10-4-3-7-19-10;/h10H,3-8H2,1-2H3,(H2,13,14,15);1H. The van der Waals surface area contributed by atoms with E-state index in [-0.39, 0.29) is 24.0 Å². The maximum atomic E-state index is 5.06. The van der Waals surface area contributed by atoms with Gasteiger partial charge in [0.25, 0.3) is 0 Å². The van der Waals surface area contributed by atoms with Crippen LogP contribution in [-0.4, -0.2) is 47.2 Å². The van der Waals surface area contributed by atoms with Gasteiger partial charge in [-0.05, 0) is 25.5 Å². The summed E-state index contributed by atoms with van der Waals surface area (Å²) in [6.07, 6.45) is 3.34. The molecular formula is C12H22IN5OS. The van der Waals surface area contributed by atoms with Gasteiger partial charge in [-0.3, -0.25) is 4.99 Å². The van der Waals surface area contributed by atoms with E-state index in [0.29, 0.717) is 18.1 Å². The van der Waals surface area contributed by atoms with Crippen LogP contribution in [0.5, 0.6) is 0 Å². The Kier molecular flexibility index (Phi) is 8.27. The Balaban J connectivity index is 0.00000200. The minimum Gasteiger partial charge on any atom is -0.356 e. The van der Waals surface area contributed by atoms with Crippen molar-refractivity contribution in [2.75, 3.05) is 25.9 Å². The van der Waals surface area contributed by atoms with E-state index in [9.17, 15) is 0 Å². The van der Waals surface area contributed by atoms with Crippen LogP contribution >= 0.6 is 35.7 Å². The van der Waals surface area contributed by atoms with Crippen molar-refractivity contribution in [3.05, 3.63) is 11.7 Å². The third kappa shape index (κ3) is 5.86. The van der Waals surface area contributed by atoms with Gasteiger partial charge in [0, 0.05) is 31.8 Å². The summed E-state index contributed by atoms with van der Waals surface area (Å²) < 4.78 is 5.06. The second kappa shape index (κ2) is 9.43. The van der Waals surface area contributed by atoms with Gasteiger partial charge >= 0.3 is 0 Å². The minimum absolute atomic E-state index is 0. The van der Waals surface area contributed by atoms with Crippen LogP contribution in [0, 0.1) is 6.92 Å². The van der Waals surface area contributed by atoms with Gasteiger partial charge in [0.15, 0.2) is 11.8 Å². The molecule has 0 amide bonds. The number of thioether (sulfide) groups is 1. The highest BCUT2D eigenvalue weighted by atomic mass is 127. The maximum Gasteiger partial charge on any atom is 0.228 e. The largest absolute Gasteiger partial charge is 0.356 e. The van der Waals surface area contributed by atoms with Gasteiger partial charge < -0.3 is 15.2 Å². The van der Waals surface area contributed by atoms with E-state index in [1.54, 1.807) is 7.05 Å². The van der Waals surface area contributed by atoms with Crippen molar-refractivity contribution in [2.45, 2.75) is 31.4 Å². The van der Waals surface area contributed by atoms with E-state index < -0.39 is 0 Å². The SMILES string of the molecule is CN=C(NCCc1nc(C)no1)NCC1CCCS1.I. The monoisotopic (exact) mass is 411 g/mol. The van der Waals surface area contributed by atoms with E-state index in [1.165, 1.54) is 18.6 Å². The van der Waals surface area contributed by atoms with Crippen molar-refractivity contribution in [3.63, 3.8) is 0 Å². The van der Waals surface area contributed by atoms with Gasteiger partial charge in [-0.1, -0.05) is 5.16 Å². The third-order valence-electron chi connectivity index (χ3n) is 2.95. The molecule has 0 aromatic carbocycles. The molecule has 8 heteroatoms. The van der Waals surface area contributed by atoms with E-state index in [0.717, 1.165) is 24.3 Å². The van der Waals surface area contributed by atoms with Crippen LogP contribution in [0.25, 0.3) is 0 Å². The van der Waals surface area contributed by atoms with Gasteiger partial charge in [-0.15, -0.1) is 24.0 Å². The van der Waals surface area contributed by atoms with Crippen molar-refractivity contribution >= 4 is 41.7 Å². The van der Waals surface area contributed by atoms with Crippen LogP contribution in [-0.2, 0) is 6.42 Å². The average Bonchev–Trinajstić information content (AvgIpc) is 3.05. The number of nitrogens with one attached hydrogen (secondary N) is 2. The fraction of sp³-hybridized carbons (Fsp3) is 0.750. The minimum atomic E-state index is 0. The number of aryl methyl sites for hydroxylation is 1. The molecule has 0 spiro atoms. The van der Waals surface area contributed by atoms with E-state index in [2.05, 4.69) is 25.8 Å². The molecule has 1 aromatic heterocycles. The van der Waals surface area contributed by atoms with Gasteiger partial charge in [0.2, 0.25) is 5.89 Å². The summed E-state index contributed by atoms with van der Waals surface area (Å²) in [7, 11) is 1.79. The summed E-state index contributed by atoms with van der Waals surface area (Å²) in [6, 6.07) is 0. The topological polar surface area (TPSA) is 75.3 Å². The first-order chi connectivity index (χ1) is 9.28. The average molecular weight is 411 g/mol. The Morgan fingerprint density at radius 3 is 2.95 bits per heavy atom. The van der Waals surface area contributed by atoms with Gasteiger partial charge in [0.05, 0.1) is 0 Å². The van der Waals surface area contributed by atoms with Crippen LogP contribution in [0.3, 0.4) is 0 Å². The number of aliphatic imine (C=N–C) groups is 1. The molecule has 1 fully saturated rings. The molecule has 2 heterocycles. The predicted octanol–water partition coefficient (Wildman–Crippen LogP) is 1.60. The molecule has 0 saturated carbocycles. The van der Waals surface area contributed by atoms with Crippen molar-refractivity contribution in [3.8, 4) is 0 Å². The lowest BCUT2D eigenvalue weighted by molar-refractivity contribution is 0.374. The zero-order valence-electron chi connectivity index (χ0n) is 11.9. The van der Waals surface area contributed by atoms with Gasteiger partial charge in [-0.25, -0.2) is 0 Å². The summed E-state index contributed by atoms with van der Waals surface area (Å²) in [6.45, 7) is 3.53. The summed E-state index contributed by atoms with van der Waals surface area (Å²) in [5, 5.41) is 11.1. The highest BCUT2D eigenvalue weighted by molar-refractivity contribution is 14.0. The molecule has 6 nitrogen and oxygen atoms in total. The zero-order valence-corrected chi connectivity index (χ0v) is 15.0. The van der Waals surface area contributed by atoms with E-state index in [1.807, 2.05) is 18.7 Å². The summed E-state index contributed by atoms with van der Waals surface area (Å²) in [4.78, 5) is 8.36. The highest BCUT2D eigenvalue weighted by Crippen LogP contribution is 2.25. The second-order valence-electron chi connectivity index (χ2n) is 4.50. The molecule has 20 heavy (non-hydrogen) atoms. The fourth-order valence-electron chi connectivity index (χ4n) is 1.97. The zero-order chi connectivity index (χ0) is 13.5. The maximum absolute atomic E-state index is 5.06. The molecule has 1 unspecified atom stereocenters. The lowest BCUT2D eigenvalue weighted by Crippen LogP contribution is -2.40. The molecule has 1 aliphatic heterocycles. The number of guanidine groups is 1. The van der Waals surface area contributed by atoms with Crippen molar-refractivity contribution in [1.29, 1.82) is 0 Å². The highest BCUT2D eigenvalue weighted by Gasteiger charge is 2.15. The Hall–Kier alpha value is -0.510. The quantitative estimate of drug-likeness (QED) is 0.436. The molecule has 1 aliphatic rings. The molecule has 0 aliphatic carbocycles. The van der Waals surface area contributed by atoms with Crippen molar-refractivity contribution < 1.29 is 4.52 Å². The Morgan fingerprint density at radius 1 is 1.50 bits per heavy atom. The molecule has 2 N–H and O–H groups in total. The third-order valence-corrected chi connectivity index (χ3v) is 4.34. The summed E-state index contributed by atoms with van der Waals surface area (Å²) in [5.41, 5.74) is 0. The van der Waals surface area contributed by atoms with E-state index in [4.69, 9.17) is 4.52 Å². The Labute approximate surface area is 141 Å². The lowest BCUT2D eigenvalue weighted by Gasteiger charge is -2.14. The fourth-order valence-corrected chi connectivity index (χ4v) is 3.17. The molecule has 1 aromatic rings. The predicted molar refractivity (Wildman–Crippen MR) is 93.0 cm³/mol. The molecular weight excluding hydrogens is 389 g/mol. The number of aromatic nitrogens is 2. The Morgan fingerprint density at radius 2 is 2.35 bits per heavy atom. The number of halogens is 1. The number of rotatable bonds is 5. The van der Waals surface area contributed by atoms with Gasteiger partial charge in [0.1, 0.15) is 0 Å². The normalized spacial score (nSPS) is 18.7. The van der Waals surface area contributed by atoms with E-state index >= 15 is 0 Å². The van der Waals surface area contributed by atoms with Gasteiger partial charge in [-0.2, -0.15) is 16.7 Å². The molecule has 1 atom stereocenters. The van der Waals surface area contributed by atoms with Crippen LogP contribution in [0.1, 0.15) is 24.6 Å². The van der Waals surface area contributed by atoms with Crippen LogP contribution in [0.4, 0.5) is 0 Å². The first-order valence-corrected chi connectivity index (χ1v) is 7.68. The molecule has 114 valence electrons. The first-order valence-electron chi connectivity index (χ1n) is 6.63. The first kappa shape index (κ1) is 17.5. The Bertz CT molecular complexity index is 420. The summed E-state index contributed by atoms with van der Waals surface area (Å²) in [5.74, 6) is 3.46. The molecule has 0 bridgehead atoms. The number of nitrogens with zero attached hydrogens (tertiary/aromatic N) is 3. The summed E-state index contributed by atoms with van der Waals surface area (Å²) >= 11 is 2.04. The van der Waals surface area contributed by atoms with Crippen molar-refractivity contribution in [2.24, 2.45) is 4.99 Å². The van der Waals surface area contributed by atoms with Crippen LogP contribution in [0.2, 0.25) is 0 Å². The molecule has 1 saturated heterocycles. The van der Waals surface area contributed by atoms with Crippen molar-refractivity contribution in [1.82, 2.24) is 20.8 Å². The van der Waals surface area contributed by atoms with Crippen LogP contribution < -0.4 is 10.6 Å².